The van der Waals surface area contributed by atoms with Gasteiger partial charge < -0.3 is 19.1 Å². The van der Waals surface area contributed by atoms with Crippen molar-refractivity contribution < 1.29 is 14.4 Å². The molecule has 1 fully saturated rings. The number of quaternary nitrogens is 1. The zero-order valence-corrected chi connectivity index (χ0v) is 14.8. The highest BCUT2D eigenvalue weighted by Gasteiger charge is 2.20. The molecule has 130 valence electrons. The van der Waals surface area contributed by atoms with Gasteiger partial charge in [-0.1, -0.05) is 18.2 Å². The number of fused-ring (bicyclic) bond motifs is 1. The molecule has 3 rings (SSSR count). The third-order valence-electron chi connectivity index (χ3n) is 5.07. The SMILES string of the molecule is COCC(=O)N(CC[NH+]1CCCC1)Cc1cc2ccccc2n1C. The Morgan fingerprint density at radius 1 is 1.29 bits per heavy atom. The zero-order valence-electron chi connectivity index (χ0n) is 14.8. The summed E-state index contributed by atoms with van der Waals surface area (Å²) in [6.07, 6.45) is 2.62. The van der Waals surface area contributed by atoms with Gasteiger partial charge in [0.2, 0.25) is 5.91 Å². The molecule has 1 aliphatic rings. The third-order valence-corrected chi connectivity index (χ3v) is 5.07. The van der Waals surface area contributed by atoms with E-state index >= 15 is 0 Å². The summed E-state index contributed by atoms with van der Waals surface area (Å²) >= 11 is 0. The fourth-order valence-corrected chi connectivity index (χ4v) is 3.62. The van der Waals surface area contributed by atoms with Crippen LogP contribution < -0.4 is 4.90 Å². The van der Waals surface area contributed by atoms with Crippen molar-refractivity contribution in [3.8, 4) is 0 Å². The number of hydrogen-bond acceptors (Lipinski definition) is 2. The van der Waals surface area contributed by atoms with Crippen LogP contribution in [0.1, 0.15) is 18.5 Å². The van der Waals surface area contributed by atoms with Crippen LogP contribution in [-0.4, -0.2) is 55.3 Å². The van der Waals surface area contributed by atoms with E-state index in [-0.39, 0.29) is 12.5 Å². The molecule has 5 heteroatoms. The van der Waals surface area contributed by atoms with Gasteiger partial charge in [0.05, 0.1) is 32.7 Å². The van der Waals surface area contributed by atoms with E-state index in [4.69, 9.17) is 4.74 Å². The van der Waals surface area contributed by atoms with Crippen LogP contribution in [0.15, 0.2) is 30.3 Å². The number of amides is 1. The highest BCUT2D eigenvalue weighted by Crippen LogP contribution is 2.19. The maximum absolute atomic E-state index is 12.5. The molecular formula is C19H28N3O2+. The predicted octanol–water partition coefficient (Wildman–Crippen LogP) is 0.832. The van der Waals surface area contributed by atoms with Gasteiger partial charge in [0.15, 0.2) is 0 Å². The second-order valence-corrected chi connectivity index (χ2v) is 6.71. The van der Waals surface area contributed by atoms with Gasteiger partial charge in [0.25, 0.3) is 0 Å². The number of aromatic nitrogens is 1. The number of rotatable bonds is 7. The standard InChI is InChI=1S/C19H27N3O2/c1-20-17(13-16-7-3-4-8-18(16)20)14-22(19(23)15-24-2)12-11-21-9-5-6-10-21/h3-4,7-8,13H,5-6,9-12,14-15H2,1-2H3/p+1. The molecule has 0 spiro atoms. The lowest BCUT2D eigenvalue weighted by atomic mass is 10.2. The van der Waals surface area contributed by atoms with Crippen LogP contribution in [0.25, 0.3) is 10.9 Å². The smallest absolute Gasteiger partial charge is 0.249 e. The lowest BCUT2D eigenvalue weighted by Gasteiger charge is -2.24. The molecule has 1 aromatic carbocycles. The summed E-state index contributed by atoms with van der Waals surface area (Å²) in [5.41, 5.74) is 2.37. The summed E-state index contributed by atoms with van der Waals surface area (Å²) in [5.74, 6) is 0.0707. The second kappa shape index (κ2) is 7.81. The highest BCUT2D eigenvalue weighted by molar-refractivity contribution is 5.81. The Balaban J connectivity index is 1.73. The first kappa shape index (κ1) is 17.0. The van der Waals surface area contributed by atoms with Gasteiger partial charge in [-0.15, -0.1) is 0 Å². The summed E-state index contributed by atoms with van der Waals surface area (Å²) < 4.78 is 7.26. The second-order valence-electron chi connectivity index (χ2n) is 6.71. The number of likely N-dealkylation sites (tertiary alicyclic amines) is 1. The maximum Gasteiger partial charge on any atom is 0.249 e. The number of methoxy groups -OCH3 is 1. The van der Waals surface area contributed by atoms with Crippen molar-refractivity contribution in [2.75, 3.05) is 39.9 Å². The van der Waals surface area contributed by atoms with Crippen LogP contribution in [0.5, 0.6) is 0 Å². The van der Waals surface area contributed by atoms with Gasteiger partial charge in [-0.05, 0) is 17.5 Å². The number of para-hydroxylation sites is 1. The van der Waals surface area contributed by atoms with E-state index in [0.717, 1.165) is 18.8 Å². The number of ether oxygens (including phenoxy) is 1. The van der Waals surface area contributed by atoms with Crippen LogP contribution in [0.2, 0.25) is 0 Å². The summed E-state index contributed by atoms with van der Waals surface area (Å²) in [5, 5.41) is 1.22. The molecule has 0 radical (unpaired) electrons. The molecule has 24 heavy (non-hydrogen) atoms. The molecule has 5 nitrogen and oxygen atoms in total. The van der Waals surface area contributed by atoms with E-state index in [2.05, 4.69) is 41.9 Å². The van der Waals surface area contributed by atoms with Crippen molar-refractivity contribution in [3.05, 3.63) is 36.0 Å². The Morgan fingerprint density at radius 2 is 2.04 bits per heavy atom. The molecule has 0 aliphatic carbocycles. The molecule has 0 atom stereocenters. The van der Waals surface area contributed by atoms with E-state index in [9.17, 15) is 4.79 Å². The summed E-state index contributed by atoms with van der Waals surface area (Å²) in [7, 11) is 3.65. The van der Waals surface area contributed by atoms with Crippen molar-refractivity contribution >= 4 is 16.8 Å². The molecule has 1 N–H and O–H groups in total. The van der Waals surface area contributed by atoms with Gasteiger partial charge in [-0.2, -0.15) is 0 Å². The van der Waals surface area contributed by atoms with Gasteiger partial charge in [0.1, 0.15) is 6.61 Å². The number of nitrogens with zero attached hydrogens (tertiary/aromatic N) is 2. The van der Waals surface area contributed by atoms with Crippen molar-refractivity contribution in [1.29, 1.82) is 0 Å². The minimum Gasteiger partial charge on any atom is -0.375 e. The predicted molar refractivity (Wildman–Crippen MR) is 95.0 cm³/mol. The van der Waals surface area contributed by atoms with Crippen molar-refractivity contribution in [3.63, 3.8) is 0 Å². The molecule has 1 aliphatic heterocycles. The molecular weight excluding hydrogens is 302 g/mol. The molecule has 2 aromatic rings. The van der Waals surface area contributed by atoms with Crippen molar-refractivity contribution in [2.24, 2.45) is 7.05 Å². The zero-order chi connectivity index (χ0) is 16.9. The average Bonchev–Trinajstić information content (AvgIpc) is 3.20. The summed E-state index contributed by atoms with van der Waals surface area (Å²) in [6, 6.07) is 10.5. The van der Waals surface area contributed by atoms with Gasteiger partial charge in [-0.25, -0.2) is 0 Å². The van der Waals surface area contributed by atoms with E-state index in [1.165, 1.54) is 36.8 Å². The van der Waals surface area contributed by atoms with Gasteiger partial charge in [0, 0.05) is 38.2 Å². The quantitative estimate of drug-likeness (QED) is 0.817. The minimum absolute atomic E-state index is 0.0707. The first-order valence-corrected chi connectivity index (χ1v) is 8.82. The van der Waals surface area contributed by atoms with E-state index in [1.807, 2.05) is 4.90 Å². The largest absolute Gasteiger partial charge is 0.375 e. The molecule has 2 heterocycles. The van der Waals surface area contributed by atoms with Crippen molar-refractivity contribution in [1.82, 2.24) is 9.47 Å². The Hall–Kier alpha value is -1.85. The fourth-order valence-electron chi connectivity index (χ4n) is 3.62. The number of nitrogens with one attached hydrogen (secondary N) is 1. The third kappa shape index (κ3) is 3.79. The highest BCUT2D eigenvalue weighted by atomic mass is 16.5. The van der Waals surface area contributed by atoms with E-state index < -0.39 is 0 Å². The molecule has 1 amide bonds. The number of aryl methyl sites for hydroxylation is 1. The normalized spacial score (nSPS) is 15.2. The Morgan fingerprint density at radius 3 is 2.75 bits per heavy atom. The van der Waals surface area contributed by atoms with E-state index in [0.29, 0.717) is 6.54 Å². The Bertz CT molecular complexity index is 689. The van der Waals surface area contributed by atoms with Gasteiger partial charge >= 0.3 is 0 Å². The van der Waals surface area contributed by atoms with E-state index in [1.54, 1.807) is 12.0 Å². The average molecular weight is 330 g/mol. The van der Waals surface area contributed by atoms with Crippen LogP contribution in [0.3, 0.4) is 0 Å². The molecule has 1 saturated heterocycles. The molecule has 1 aromatic heterocycles. The minimum atomic E-state index is 0.0707. The number of carbonyl (C=O) groups excluding carboxylic acids is 1. The van der Waals surface area contributed by atoms with Crippen LogP contribution in [-0.2, 0) is 23.1 Å². The van der Waals surface area contributed by atoms with Crippen molar-refractivity contribution in [2.45, 2.75) is 19.4 Å². The van der Waals surface area contributed by atoms with Crippen LogP contribution in [0, 0.1) is 0 Å². The molecule has 0 bridgehead atoms. The topological polar surface area (TPSA) is 38.9 Å². The summed E-state index contributed by atoms with van der Waals surface area (Å²) in [6.45, 7) is 5.08. The first-order valence-electron chi connectivity index (χ1n) is 8.82. The molecule has 0 saturated carbocycles. The lowest BCUT2D eigenvalue weighted by Crippen LogP contribution is -3.10. The fraction of sp³-hybridized carbons (Fsp3) is 0.526. The Labute approximate surface area is 143 Å². The maximum atomic E-state index is 12.5. The van der Waals surface area contributed by atoms with Crippen LogP contribution in [0.4, 0.5) is 0 Å². The van der Waals surface area contributed by atoms with Gasteiger partial charge in [-0.3, -0.25) is 4.79 Å². The number of hydrogen-bond donors (Lipinski definition) is 1. The summed E-state index contributed by atoms with van der Waals surface area (Å²) in [4.78, 5) is 16.0. The Kier molecular flexibility index (Phi) is 5.53. The van der Waals surface area contributed by atoms with Crippen LogP contribution >= 0.6 is 0 Å². The lowest BCUT2D eigenvalue weighted by molar-refractivity contribution is -0.886. The number of benzene rings is 1. The monoisotopic (exact) mass is 330 g/mol. The first-order chi connectivity index (χ1) is 11.7. The number of carbonyl (C=O) groups is 1. The molecule has 0 unspecified atom stereocenters.